The van der Waals surface area contributed by atoms with Gasteiger partial charge in [-0.3, -0.25) is 9.52 Å². The van der Waals surface area contributed by atoms with Crippen LogP contribution < -0.4 is 9.46 Å². The first kappa shape index (κ1) is 21.3. The van der Waals surface area contributed by atoms with Crippen molar-refractivity contribution in [1.29, 1.82) is 0 Å². The number of benzene rings is 2. The SMILES string of the molecule is O=C(c1ccc(S(=O)(=O)Nc2nccs2)cc1)N1CCCCC1COc1ccccc1. The van der Waals surface area contributed by atoms with Gasteiger partial charge in [-0.05, 0) is 55.7 Å². The highest BCUT2D eigenvalue weighted by molar-refractivity contribution is 7.93. The lowest BCUT2D eigenvalue weighted by molar-refractivity contribution is 0.0528. The molecule has 0 radical (unpaired) electrons. The Bertz CT molecular complexity index is 1100. The average Bonchev–Trinajstić information content (AvgIpc) is 3.30. The summed E-state index contributed by atoms with van der Waals surface area (Å²) in [6.07, 6.45) is 4.40. The molecular weight excluding hydrogens is 434 g/mol. The number of aromatic nitrogens is 1. The summed E-state index contributed by atoms with van der Waals surface area (Å²) >= 11 is 1.20. The minimum absolute atomic E-state index is 0.0172. The van der Waals surface area contributed by atoms with Gasteiger partial charge in [0.05, 0.1) is 10.9 Å². The van der Waals surface area contributed by atoms with E-state index in [0.29, 0.717) is 23.8 Å². The van der Waals surface area contributed by atoms with Crippen LogP contribution in [0.2, 0.25) is 0 Å². The molecule has 0 saturated carbocycles. The Morgan fingerprint density at radius 2 is 1.90 bits per heavy atom. The number of hydrogen-bond acceptors (Lipinski definition) is 6. The quantitative estimate of drug-likeness (QED) is 0.579. The van der Waals surface area contributed by atoms with Crippen molar-refractivity contribution in [3.8, 4) is 5.75 Å². The Morgan fingerprint density at radius 1 is 1.13 bits per heavy atom. The van der Waals surface area contributed by atoms with E-state index >= 15 is 0 Å². The number of nitrogens with one attached hydrogen (secondary N) is 1. The van der Waals surface area contributed by atoms with Crippen molar-refractivity contribution in [3.05, 3.63) is 71.7 Å². The second-order valence-electron chi connectivity index (χ2n) is 7.24. The van der Waals surface area contributed by atoms with Gasteiger partial charge in [0, 0.05) is 23.7 Å². The van der Waals surface area contributed by atoms with Crippen LogP contribution in [0.15, 0.2) is 71.1 Å². The van der Waals surface area contributed by atoms with Crippen LogP contribution in [0.4, 0.5) is 5.13 Å². The zero-order valence-electron chi connectivity index (χ0n) is 16.8. The number of ether oxygens (including phenoxy) is 1. The molecule has 0 spiro atoms. The summed E-state index contributed by atoms with van der Waals surface area (Å²) < 4.78 is 33.3. The van der Waals surface area contributed by atoms with E-state index in [1.807, 2.05) is 35.2 Å². The Morgan fingerprint density at radius 3 is 2.61 bits per heavy atom. The molecule has 1 N–H and O–H groups in total. The molecule has 1 unspecified atom stereocenters. The summed E-state index contributed by atoms with van der Waals surface area (Å²) in [6, 6.07) is 15.5. The molecule has 1 aliphatic rings. The van der Waals surface area contributed by atoms with Crippen LogP contribution >= 0.6 is 11.3 Å². The number of piperidine rings is 1. The molecule has 0 bridgehead atoms. The number of thiazole rings is 1. The maximum Gasteiger partial charge on any atom is 0.263 e. The second kappa shape index (κ2) is 9.49. The fourth-order valence-corrected chi connectivity index (χ4v) is 5.33. The summed E-state index contributed by atoms with van der Waals surface area (Å²) in [5.74, 6) is 0.668. The number of amides is 1. The number of para-hydroxylation sites is 1. The minimum atomic E-state index is -3.75. The van der Waals surface area contributed by atoms with Gasteiger partial charge < -0.3 is 9.64 Å². The second-order valence-corrected chi connectivity index (χ2v) is 9.82. The summed E-state index contributed by atoms with van der Waals surface area (Å²) in [7, 11) is -3.75. The third-order valence-corrected chi connectivity index (χ3v) is 7.31. The highest BCUT2D eigenvalue weighted by atomic mass is 32.2. The monoisotopic (exact) mass is 457 g/mol. The standard InChI is InChI=1S/C22H23N3O4S2/c26-21(25-14-5-4-6-18(25)16-29-19-7-2-1-3-8-19)17-9-11-20(12-10-17)31(27,28)24-22-23-13-15-30-22/h1-3,7-13,15,18H,4-6,14,16H2,(H,23,24). The van der Waals surface area contributed by atoms with Crippen LogP contribution in [0.1, 0.15) is 29.6 Å². The van der Waals surface area contributed by atoms with Crippen LogP contribution in [0.25, 0.3) is 0 Å². The Kier molecular flexibility index (Phi) is 6.53. The lowest BCUT2D eigenvalue weighted by Gasteiger charge is -2.35. The predicted octanol–water partition coefficient (Wildman–Crippen LogP) is 4.02. The van der Waals surface area contributed by atoms with Crippen molar-refractivity contribution < 1.29 is 17.9 Å². The van der Waals surface area contributed by atoms with Crippen molar-refractivity contribution in [2.24, 2.45) is 0 Å². The van der Waals surface area contributed by atoms with Gasteiger partial charge in [0.2, 0.25) is 0 Å². The van der Waals surface area contributed by atoms with E-state index in [0.717, 1.165) is 25.0 Å². The molecule has 31 heavy (non-hydrogen) atoms. The minimum Gasteiger partial charge on any atom is -0.491 e. The Hall–Kier alpha value is -2.91. The topological polar surface area (TPSA) is 88.6 Å². The number of rotatable bonds is 7. The van der Waals surface area contributed by atoms with E-state index in [1.54, 1.807) is 17.5 Å². The number of hydrogen-bond donors (Lipinski definition) is 1. The van der Waals surface area contributed by atoms with E-state index in [2.05, 4.69) is 9.71 Å². The molecule has 1 atom stereocenters. The van der Waals surface area contributed by atoms with Gasteiger partial charge in [0.15, 0.2) is 5.13 Å². The van der Waals surface area contributed by atoms with Crippen LogP contribution in [0.3, 0.4) is 0 Å². The molecule has 1 saturated heterocycles. The molecule has 1 aromatic heterocycles. The number of anilines is 1. The summed E-state index contributed by atoms with van der Waals surface area (Å²) in [5, 5.41) is 1.99. The molecule has 2 heterocycles. The van der Waals surface area contributed by atoms with Gasteiger partial charge in [0.25, 0.3) is 15.9 Å². The van der Waals surface area contributed by atoms with Crippen LogP contribution in [-0.2, 0) is 10.0 Å². The molecule has 1 fully saturated rings. The molecule has 1 aliphatic heterocycles. The van der Waals surface area contributed by atoms with Gasteiger partial charge in [0.1, 0.15) is 12.4 Å². The van der Waals surface area contributed by atoms with Gasteiger partial charge in [-0.25, -0.2) is 13.4 Å². The number of sulfonamides is 1. The molecular formula is C22H23N3O4S2. The van der Waals surface area contributed by atoms with Gasteiger partial charge in [-0.1, -0.05) is 18.2 Å². The van der Waals surface area contributed by atoms with Crippen molar-refractivity contribution in [1.82, 2.24) is 9.88 Å². The van der Waals surface area contributed by atoms with Gasteiger partial charge in [-0.2, -0.15) is 0 Å². The largest absolute Gasteiger partial charge is 0.491 e. The van der Waals surface area contributed by atoms with Crippen molar-refractivity contribution in [2.45, 2.75) is 30.2 Å². The molecule has 1 amide bonds. The lowest BCUT2D eigenvalue weighted by atomic mass is 10.0. The van der Waals surface area contributed by atoms with E-state index < -0.39 is 10.0 Å². The van der Waals surface area contributed by atoms with Gasteiger partial charge >= 0.3 is 0 Å². The summed E-state index contributed by atoms with van der Waals surface area (Å²) in [6.45, 7) is 1.09. The molecule has 162 valence electrons. The fraction of sp³-hybridized carbons (Fsp3) is 0.273. The molecule has 7 nitrogen and oxygen atoms in total. The molecule has 9 heteroatoms. The van der Waals surface area contributed by atoms with E-state index in [4.69, 9.17) is 4.74 Å². The first-order valence-electron chi connectivity index (χ1n) is 10.0. The Labute approximate surface area is 185 Å². The smallest absolute Gasteiger partial charge is 0.263 e. The highest BCUT2D eigenvalue weighted by Gasteiger charge is 2.28. The van der Waals surface area contributed by atoms with Crippen LogP contribution in [-0.4, -0.2) is 43.4 Å². The van der Waals surface area contributed by atoms with Crippen molar-refractivity contribution in [3.63, 3.8) is 0 Å². The van der Waals surface area contributed by atoms with E-state index in [1.165, 1.54) is 29.7 Å². The maximum atomic E-state index is 13.1. The van der Waals surface area contributed by atoms with Crippen LogP contribution in [0, 0.1) is 0 Å². The molecule has 3 aromatic rings. The summed E-state index contributed by atoms with van der Waals surface area (Å²) in [5.41, 5.74) is 0.458. The first-order chi connectivity index (χ1) is 15.0. The number of carbonyl (C=O) groups is 1. The van der Waals surface area contributed by atoms with Crippen molar-refractivity contribution >= 4 is 32.4 Å². The molecule has 4 rings (SSSR count). The highest BCUT2D eigenvalue weighted by Crippen LogP contribution is 2.23. The van der Waals surface area contributed by atoms with Crippen LogP contribution in [0.5, 0.6) is 5.75 Å². The fourth-order valence-electron chi connectivity index (χ4n) is 3.54. The lowest BCUT2D eigenvalue weighted by Crippen LogP contribution is -2.46. The molecule has 0 aliphatic carbocycles. The third-order valence-electron chi connectivity index (χ3n) is 5.14. The third kappa shape index (κ3) is 5.23. The maximum absolute atomic E-state index is 13.1. The molecule has 2 aromatic carbocycles. The summed E-state index contributed by atoms with van der Waals surface area (Å²) in [4.78, 5) is 19.0. The zero-order chi connectivity index (χ0) is 21.7. The number of nitrogens with zero attached hydrogens (tertiary/aromatic N) is 2. The predicted molar refractivity (Wildman–Crippen MR) is 120 cm³/mol. The zero-order valence-corrected chi connectivity index (χ0v) is 18.4. The normalized spacial score (nSPS) is 16.6. The average molecular weight is 458 g/mol. The van der Waals surface area contributed by atoms with Crippen molar-refractivity contribution in [2.75, 3.05) is 17.9 Å². The Balaban J connectivity index is 1.44. The van der Waals surface area contributed by atoms with Gasteiger partial charge in [-0.15, -0.1) is 11.3 Å². The van der Waals surface area contributed by atoms with E-state index in [9.17, 15) is 13.2 Å². The number of likely N-dealkylation sites (tertiary alicyclic amines) is 1. The first-order valence-corrected chi connectivity index (χ1v) is 12.4. The van der Waals surface area contributed by atoms with E-state index in [-0.39, 0.29) is 16.8 Å². The number of carbonyl (C=O) groups excluding carboxylic acids is 1.